The number of hydrogen-bond donors (Lipinski definition) is 1. The van der Waals surface area contributed by atoms with Crippen molar-refractivity contribution in [3.8, 4) is 0 Å². The van der Waals surface area contributed by atoms with E-state index in [2.05, 4.69) is 5.32 Å². The maximum absolute atomic E-state index is 13.0. The van der Waals surface area contributed by atoms with Crippen LogP contribution in [0.3, 0.4) is 0 Å². The lowest BCUT2D eigenvalue weighted by Crippen LogP contribution is -2.44. The molecule has 1 saturated heterocycles. The summed E-state index contributed by atoms with van der Waals surface area (Å²) in [6.07, 6.45) is -3.51. The molecule has 1 heterocycles. The summed E-state index contributed by atoms with van der Waals surface area (Å²) in [4.78, 5) is -0.666. The lowest BCUT2D eigenvalue weighted by Gasteiger charge is -2.31. The monoisotopic (exact) mass is 358 g/mol. The first-order valence-electron chi connectivity index (χ1n) is 6.60. The van der Waals surface area contributed by atoms with Crippen molar-refractivity contribution in [2.24, 2.45) is 0 Å². The Morgan fingerprint density at radius 1 is 1.18 bits per heavy atom. The Morgan fingerprint density at radius 2 is 1.73 bits per heavy atom. The molecule has 1 fully saturated rings. The Labute approximate surface area is 134 Å². The largest absolute Gasteiger partial charge is 0.417 e. The number of nitrogens with one attached hydrogen (secondary N) is 1. The molecule has 0 aromatic heterocycles. The zero-order chi connectivity index (χ0) is 15.7. The quantitative estimate of drug-likeness (QED) is 0.903. The Balaban J connectivity index is 0.00000242. The lowest BCUT2D eigenvalue weighted by molar-refractivity contribution is -0.139. The summed E-state index contributed by atoms with van der Waals surface area (Å²) in [5, 5.41) is 3.05. The molecule has 0 aliphatic carbocycles. The van der Waals surface area contributed by atoms with Gasteiger partial charge in [0.15, 0.2) is 0 Å². The lowest BCUT2D eigenvalue weighted by atomic mass is 10.1. The highest BCUT2D eigenvalue weighted by molar-refractivity contribution is 7.89. The van der Waals surface area contributed by atoms with Crippen LogP contribution in [0.4, 0.5) is 13.2 Å². The van der Waals surface area contributed by atoms with Crippen molar-refractivity contribution in [1.29, 1.82) is 0 Å². The summed E-state index contributed by atoms with van der Waals surface area (Å²) < 4.78 is 64.9. The standard InChI is InChI=1S/C13H17F3N2O2S.ClH/c1-17-10-6-8-18(9-7-10)21(19,20)12-5-3-2-4-11(12)13(14,15)16;/h2-5,10,17H,6-9H2,1H3;1H. The van der Waals surface area contributed by atoms with Crippen LogP contribution in [0.2, 0.25) is 0 Å². The van der Waals surface area contributed by atoms with E-state index < -0.39 is 26.7 Å². The Hall–Kier alpha value is -0.830. The maximum atomic E-state index is 13.0. The van der Waals surface area contributed by atoms with Gasteiger partial charge in [0, 0.05) is 19.1 Å². The molecule has 1 aromatic rings. The van der Waals surface area contributed by atoms with Crippen molar-refractivity contribution in [2.45, 2.75) is 30.0 Å². The van der Waals surface area contributed by atoms with Gasteiger partial charge in [-0.2, -0.15) is 17.5 Å². The molecular weight excluding hydrogens is 341 g/mol. The van der Waals surface area contributed by atoms with Crippen LogP contribution in [0.15, 0.2) is 29.2 Å². The molecule has 0 bridgehead atoms. The second kappa shape index (κ2) is 7.16. The number of sulfonamides is 1. The Kier molecular flexibility index (Phi) is 6.26. The number of piperidine rings is 1. The minimum absolute atomic E-state index is 0. The van der Waals surface area contributed by atoms with E-state index in [1.54, 1.807) is 7.05 Å². The molecule has 1 aliphatic rings. The minimum atomic E-state index is -4.69. The molecule has 0 saturated carbocycles. The fraction of sp³-hybridized carbons (Fsp3) is 0.538. The molecule has 0 spiro atoms. The molecule has 0 atom stereocenters. The summed E-state index contributed by atoms with van der Waals surface area (Å²) in [6.45, 7) is 0.445. The molecule has 2 rings (SSSR count). The third-order valence-electron chi connectivity index (χ3n) is 3.67. The summed E-state index contributed by atoms with van der Waals surface area (Å²) in [6, 6.07) is 4.52. The second-order valence-corrected chi connectivity index (χ2v) is 6.87. The number of hydrogen-bond acceptors (Lipinski definition) is 3. The van der Waals surface area contributed by atoms with E-state index in [1.165, 1.54) is 12.1 Å². The summed E-state index contributed by atoms with van der Waals surface area (Å²) in [5.41, 5.74) is -1.11. The molecule has 1 aliphatic heterocycles. The van der Waals surface area contributed by atoms with Crippen LogP contribution in [-0.4, -0.2) is 38.9 Å². The fourth-order valence-corrected chi connectivity index (χ4v) is 4.13. The van der Waals surface area contributed by atoms with Gasteiger partial charge in [0.1, 0.15) is 0 Å². The van der Waals surface area contributed by atoms with Gasteiger partial charge in [-0.25, -0.2) is 8.42 Å². The predicted molar refractivity (Wildman–Crippen MR) is 79.5 cm³/mol. The van der Waals surface area contributed by atoms with E-state index in [-0.39, 0.29) is 31.5 Å². The van der Waals surface area contributed by atoms with E-state index in [0.29, 0.717) is 12.8 Å². The molecule has 1 aromatic carbocycles. The first-order valence-corrected chi connectivity index (χ1v) is 8.04. The van der Waals surface area contributed by atoms with Crippen molar-refractivity contribution in [3.63, 3.8) is 0 Å². The van der Waals surface area contributed by atoms with Crippen molar-refractivity contribution in [1.82, 2.24) is 9.62 Å². The molecule has 9 heteroatoms. The van der Waals surface area contributed by atoms with Gasteiger partial charge in [-0.1, -0.05) is 12.1 Å². The Bertz CT molecular complexity index is 600. The number of alkyl halides is 3. The highest BCUT2D eigenvalue weighted by Crippen LogP contribution is 2.35. The van der Waals surface area contributed by atoms with Crippen LogP contribution in [0.5, 0.6) is 0 Å². The van der Waals surface area contributed by atoms with E-state index in [4.69, 9.17) is 0 Å². The van der Waals surface area contributed by atoms with Gasteiger partial charge in [-0.3, -0.25) is 0 Å². The van der Waals surface area contributed by atoms with Crippen molar-refractivity contribution in [3.05, 3.63) is 29.8 Å². The zero-order valence-corrected chi connectivity index (χ0v) is 13.6. The van der Waals surface area contributed by atoms with E-state index in [0.717, 1.165) is 16.4 Å². The molecule has 1 N–H and O–H groups in total. The van der Waals surface area contributed by atoms with E-state index in [1.807, 2.05) is 0 Å². The molecule has 126 valence electrons. The van der Waals surface area contributed by atoms with Crippen LogP contribution in [0, 0.1) is 0 Å². The molecule has 0 radical (unpaired) electrons. The number of rotatable bonds is 3. The topological polar surface area (TPSA) is 49.4 Å². The molecule has 22 heavy (non-hydrogen) atoms. The molecule has 0 unspecified atom stereocenters. The second-order valence-electron chi connectivity index (χ2n) is 4.96. The number of halogens is 4. The summed E-state index contributed by atoms with van der Waals surface area (Å²) in [7, 11) is -2.34. The van der Waals surface area contributed by atoms with Gasteiger partial charge in [-0.15, -0.1) is 12.4 Å². The van der Waals surface area contributed by atoms with Crippen molar-refractivity contribution >= 4 is 22.4 Å². The van der Waals surface area contributed by atoms with Gasteiger partial charge in [0.25, 0.3) is 0 Å². The van der Waals surface area contributed by atoms with Crippen molar-refractivity contribution in [2.75, 3.05) is 20.1 Å². The highest BCUT2D eigenvalue weighted by atomic mass is 35.5. The predicted octanol–water partition coefficient (Wildman–Crippen LogP) is 2.50. The van der Waals surface area contributed by atoms with Gasteiger partial charge in [0.05, 0.1) is 10.5 Å². The summed E-state index contributed by atoms with van der Waals surface area (Å²) >= 11 is 0. The third kappa shape index (κ3) is 3.92. The molecule has 0 amide bonds. The maximum Gasteiger partial charge on any atom is 0.417 e. The first-order chi connectivity index (χ1) is 9.76. The Morgan fingerprint density at radius 3 is 2.23 bits per heavy atom. The zero-order valence-electron chi connectivity index (χ0n) is 11.9. The first kappa shape index (κ1) is 19.2. The molecular formula is C13H18ClF3N2O2S. The van der Waals surface area contributed by atoms with Crippen LogP contribution >= 0.6 is 12.4 Å². The van der Waals surface area contributed by atoms with Crippen LogP contribution < -0.4 is 5.32 Å². The normalized spacial score (nSPS) is 18.0. The van der Waals surface area contributed by atoms with Gasteiger partial charge < -0.3 is 5.32 Å². The van der Waals surface area contributed by atoms with Gasteiger partial charge >= 0.3 is 6.18 Å². The third-order valence-corrected chi connectivity index (χ3v) is 5.63. The van der Waals surface area contributed by atoms with Crippen molar-refractivity contribution < 1.29 is 21.6 Å². The molecule has 4 nitrogen and oxygen atoms in total. The highest BCUT2D eigenvalue weighted by Gasteiger charge is 2.39. The van der Waals surface area contributed by atoms with Crippen LogP contribution in [0.1, 0.15) is 18.4 Å². The number of nitrogens with zero attached hydrogens (tertiary/aromatic N) is 1. The van der Waals surface area contributed by atoms with Crippen LogP contribution in [0.25, 0.3) is 0 Å². The number of benzene rings is 1. The fourth-order valence-electron chi connectivity index (χ4n) is 2.45. The SMILES string of the molecule is CNC1CCN(S(=O)(=O)c2ccccc2C(F)(F)F)CC1.Cl. The van der Waals surface area contributed by atoms with E-state index >= 15 is 0 Å². The van der Waals surface area contributed by atoms with Crippen LogP contribution in [-0.2, 0) is 16.2 Å². The smallest absolute Gasteiger partial charge is 0.317 e. The minimum Gasteiger partial charge on any atom is -0.317 e. The average molecular weight is 359 g/mol. The average Bonchev–Trinajstić information content (AvgIpc) is 2.46. The summed E-state index contributed by atoms with van der Waals surface area (Å²) in [5.74, 6) is 0. The van der Waals surface area contributed by atoms with Gasteiger partial charge in [-0.05, 0) is 32.0 Å². The van der Waals surface area contributed by atoms with E-state index in [9.17, 15) is 21.6 Å². The van der Waals surface area contributed by atoms with Gasteiger partial charge in [0.2, 0.25) is 10.0 Å².